The first kappa shape index (κ1) is 12.6. The first-order valence-electron chi connectivity index (χ1n) is 5.76. The van der Waals surface area contributed by atoms with Gasteiger partial charge in [-0.25, -0.2) is 4.98 Å². The monoisotopic (exact) mass is 291 g/mol. The number of halogens is 1. The van der Waals surface area contributed by atoms with Crippen molar-refractivity contribution in [3.05, 3.63) is 41.0 Å². The summed E-state index contributed by atoms with van der Waals surface area (Å²) in [6, 6.07) is 6.39. The summed E-state index contributed by atoms with van der Waals surface area (Å²) in [5.41, 5.74) is 6.40. The highest BCUT2D eigenvalue weighted by Crippen LogP contribution is 2.36. The van der Waals surface area contributed by atoms with Gasteiger partial charge in [0.05, 0.1) is 10.6 Å². The van der Waals surface area contributed by atoms with Crippen molar-refractivity contribution in [2.75, 3.05) is 17.8 Å². The SMILES string of the molecule is Nc1cc2c(cc1C(=O)Nc1ncccc1Cl)OCO2. The zero-order valence-corrected chi connectivity index (χ0v) is 11.0. The first-order valence-corrected chi connectivity index (χ1v) is 6.14. The van der Waals surface area contributed by atoms with Gasteiger partial charge in [-0.3, -0.25) is 4.79 Å². The predicted molar refractivity (Wildman–Crippen MR) is 74.2 cm³/mol. The van der Waals surface area contributed by atoms with E-state index in [-0.39, 0.29) is 18.2 Å². The van der Waals surface area contributed by atoms with E-state index in [1.54, 1.807) is 18.2 Å². The van der Waals surface area contributed by atoms with Crippen LogP contribution in [-0.2, 0) is 0 Å². The summed E-state index contributed by atoms with van der Waals surface area (Å²) in [5.74, 6) is 0.865. The number of nitrogens with two attached hydrogens (primary N) is 1. The maximum atomic E-state index is 12.2. The van der Waals surface area contributed by atoms with Gasteiger partial charge in [0.25, 0.3) is 5.91 Å². The molecule has 1 aromatic carbocycles. The van der Waals surface area contributed by atoms with Crippen LogP contribution >= 0.6 is 11.6 Å². The Morgan fingerprint density at radius 2 is 2.10 bits per heavy atom. The molecule has 0 saturated heterocycles. The molecule has 1 amide bonds. The Hall–Kier alpha value is -2.47. The molecule has 2 heterocycles. The lowest BCUT2D eigenvalue weighted by atomic mass is 10.1. The zero-order chi connectivity index (χ0) is 14.1. The summed E-state index contributed by atoms with van der Waals surface area (Å²) in [6.07, 6.45) is 1.53. The second kappa shape index (κ2) is 4.90. The van der Waals surface area contributed by atoms with E-state index in [9.17, 15) is 4.79 Å². The van der Waals surface area contributed by atoms with E-state index < -0.39 is 5.91 Å². The fourth-order valence-electron chi connectivity index (χ4n) is 1.81. The molecule has 1 aliphatic rings. The summed E-state index contributed by atoms with van der Waals surface area (Å²) in [7, 11) is 0. The molecule has 6 nitrogen and oxygen atoms in total. The Kier molecular flexibility index (Phi) is 3.08. The number of anilines is 2. The molecule has 0 spiro atoms. The normalized spacial score (nSPS) is 12.2. The molecule has 0 atom stereocenters. The van der Waals surface area contributed by atoms with Crippen LogP contribution < -0.4 is 20.5 Å². The van der Waals surface area contributed by atoms with E-state index in [0.717, 1.165) is 0 Å². The van der Waals surface area contributed by atoms with Crippen LogP contribution in [0.25, 0.3) is 0 Å². The molecule has 1 aliphatic heterocycles. The molecule has 2 aromatic rings. The van der Waals surface area contributed by atoms with Gasteiger partial charge in [0.1, 0.15) is 0 Å². The third-order valence-corrected chi connectivity index (χ3v) is 3.08. The molecule has 0 bridgehead atoms. The fraction of sp³-hybridized carbons (Fsp3) is 0.0769. The van der Waals surface area contributed by atoms with Crippen LogP contribution in [0.1, 0.15) is 10.4 Å². The predicted octanol–water partition coefficient (Wildman–Crippen LogP) is 2.30. The largest absolute Gasteiger partial charge is 0.454 e. The molecule has 0 fully saturated rings. The minimum atomic E-state index is -0.415. The molecule has 0 aliphatic carbocycles. The Morgan fingerprint density at radius 1 is 1.35 bits per heavy atom. The molecule has 3 rings (SSSR count). The van der Waals surface area contributed by atoms with Crippen molar-refractivity contribution in [3.63, 3.8) is 0 Å². The standard InChI is InChI=1S/C13H10ClN3O3/c14-8-2-1-3-16-12(8)17-13(18)7-4-10-11(5-9(7)15)20-6-19-10/h1-5H,6,15H2,(H,16,17,18). The number of pyridine rings is 1. The number of benzene rings is 1. The molecule has 1 aromatic heterocycles. The summed E-state index contributed by atoms with van der Waals surface area (Å²) >= 11 is 5.94. The lowest BCUT2D eigenvalue weighted by molar-refractivity contribution is 0.102. The number of nitrogen functional groups attached to an aromatic ring is 1. The zero-order valence-electron chi connectivity index (χ0n) is 10.2. The number of ether oxygens (including phenoxy) is 2. The number of carbonyl (C=O) groups is 1. The van der Waals surface area contributed by atoms with Crippen molar-refractivity contribution < 1.29 is 14.3 Å². The Morgan fingerprint density at radius 3 is 2.85 bits per heavy atom. The number of amides is 1. The summed E-state index contributed by atoms with van der Waals surface area (Å²) in [6.45, 7) is 0.117. The smallest absolute Gasteiger partial charge is 0.259 e. The highest BCUT2D eigenvalue weighted by molar-refractivity contribution is 6.33. The van der Waals surface area contributed by atoms with Crippen molar-refractivity contribution >= 4 is 29.0 Å². The molecular formula is C13H10ClN3O3. The lowest BCUT2D eigenvalue weighted by Gasteiger charge is -2.09. The van der Waals surface area contributed by atoms with Crippen molar-refractivity contribution in [2.24, 2.45) is 0 Å². The molecular weight excluding hydrogens is 282 g/mol. The molecule has 0 unspecified atom stereocenters. The second-order valence-corrected chi connectivity index (χ2v) is 4.49. The first-order chi connectivity index (χ1) is 9.65. The van der Waals surface area contributed by atoms with Crippen LogP contribution in [0, 0.1) is 0 Å². The van der Waals surface area contributed by atoms with Gasteiger partial charge in [-0.1, -0.05) is 11.6 Å². The van der Waals surface area contributed by atoms with E-state index >= 15 is 0 Å². The average molecular weight is 292 g/mol. The van der Waals surface area contributed by atoms with Crippen LogP contribution in [0.15, 0.2) is 30.5 Å². The third kappa shape index (κ3) is 2.21. The van der Waals surface area contributed by atoms with Crippen LogP contribution in [0.5, 0.6) is 11.5 Å². The quantitative estimate of drug-likeness (QED) is 0.829. The minimum absolute atomic E-state index is 0.117. The maximum absolute atomic E-state index is 12.2. The molecule has 20 heavy (non-hydrogen) atoms. The van der Waals surface area contributed by atoms with Crippen LogP contribution in [0.3, 0.4) is 0 Å². The number of hydrogen-bond donors (Lipinski definition) is 2. The Bertz CT molecular complexity index is 691. The van der Waals surface area contributed by atoms with Gasteiger partial charge in [0.2, 0.25) is 6.79 Å². The van der Waals surface area contributed by atoms with Gasteiger partial charge in [0, 0.05) is 18.0 Å². The summed E-state index contributed by atoms with van der Waals surface area (Å²) in [5, 5.41) is 2.95. The van der Waals surface area contributed by atoms with Gasteiger partial charge in [-0.2, -0.15) is 0 Å². The van der Waals surface area contributed by atoms with Gasteiger partial charge in [-0.15, -0.1) is 0 Å². The van der Waals surface area contributed by atoms with Crippen LogP contribution in [0.4, 0.5) is 11.5 Å². The van der Waals surface area contributed by atoms with Gasteiger partial charge < -0.3 is 20.5 Å². The summed E-state index contributed by atoms with van der Waals surface area (Å²) < 4.78 is 10.4. The maximum Gasteiger partial charge on any atom is 0.259 e. The van der Waals surface area contributed by atoms with Gasteiger partial charge >= 0.3 is 0 Å². The van der Waals surface area contributed by atoms with E-state index in [1.807, 2.05) is 0 Å². The highest BCUT2D eigenvalue weighted by atomic mass is 35.5. The Balaban J connectivity index is 1.90. The minimum Gasteiger partial charge on any atom is -0.454 e. The summed E-state index contributed by atoms with van der Waals surface area (Å²) in [4.78, 5) is 16.2. The topological polar surface area (TPSA) is 86.5 Å². The number of fused-ring (bicyclic) bond motifs is 1. The van der Waals surface area contributed by atoms with E-state index in [1.165, 1.54) is 12.3 Å². The lowest BCUT2D eigenvalue weighted by Crippen LogP contribution is -2.15. The molecule has 0 saturated carbocycles. The molecule has 3 N–H and O–H groups in total. The molecule has 102 valence electrons. The van der Waals surface area contributed by atoms with Crippen molar-refractivity contribution in [1.82, 2.24) is 4.98 Å². The van der Waals surface area contributed by atoms with Crippen LogP contribution in [0.2, 0.25) is 5.02 Å². The molecule has 0 radical (unpaired) electrons. The van der Waals surface area contributed by atoms with E-state index in [0.29, 0.717) is 22.2 Å². The number of rotatable bonds is 2. The van der Waals surface area contributed by atoms with E-state index in [4.69, 9.17) is 26.8 Å². The highest BCUT2D eigenvalue weighted by Gasteiger charge is 2.20. The number of nitrogens with one attached hydrogen (secondary N) is 1. The number of aromatic nitrogens is 1. The van der Waals surface area contributed by atoms with Crippen molar-refractivity contribution in [3.8, 4) is 11.5 Å². The molecule has 7 heteroatoms. The van der Waals surface area contributed by atoms with Gasteiger partial charge in [-0.05, 0) is 18.2 Å². The number of nitrogens with zero attached hydrogens (tertiary/aromatic N) is 1. The van der Waals surface area contributed by atoms with Crippen molar-refractivity contribution in [1.29, 1.82) is 0 Å². The average Bonchev–Trinajstić information content (AvgIpc) is 2.87. The van der Waals surface area contributed by atoms with Crippen LogP contribution in [-0.4, -0.2) is 17.7 Å². The van der Waals surface area contributed by atoms with Crippen molar-refractivity contribution in [2.45, 2.75) is 0 Å². The third-order valence-electron chi connectivity index (χ3n) is 2.78. The van der Waals surface area contributed by atoms with Gasteiger partial charge in [0.15, 0.2) is 17.3 Å². The number of hydrogen-bond acceptors (Lipinski definition) is 5. The second-order valence-electron chi connectivity index (χ2n) is 4.08. The fourth-order valence-corrected chi connectivity index (χ4v) is 1.98. The Labute approximate surface area is 119 Å². The number of carbonyl (C=O) groups excluding carboxylic acids is 1. The van der Waals surface area contributed by atoms with E-state index in [2.05, 4.69) is 10.3 Å².